The minimum Gasteiger partial charge on any atom is -0.456 e. The molecule has 0 amide bonds. The molecule has 4 heteroatoms. The van der Waals surface area contributed by atoms with Gasteiger partial charge >= 0.3 is 6.85 Å². The summed E-state index contributed by atoms with van der Waals surface area (Å²) in [5, 5.41) is 2.28. The van der Waals surface area contributed by atoms with E-state index in [1.165, 1.54) is 94.7 Å². The van der Waals surface area contributed by atoms with E-state index in [2.05, 4.69) is 244 Å². The number of benzene rings is 8. The summed E-state index contributed by atoms with van der Waals surface area (Å²) in [5.74, 6) is 0. The smallest absolute Gasteiger partial charge is 0.333 e. The maximum Gasteiger partial charge on any atom is 0.333 e. The molecule has 3 nitrogen and oxygen atoms in total. The quantitative estimate of drug-likeness (QED) is 0.164. The van der Waals surface area contributed by atoms with Crippen LogP contribution in [0.2, 0.25) is 0 Å². The SMILES string of the molecule is Cc1cccc(C)c1-c1cc2c3c(c1)N(c1ccc(C(C)(C)C)cc1-c1ccccc1)c1cc4oc5ccccc5c4cc1B3N(c1ccc(C(C)(C)C)cc1)c1cc3c(cc1-2)C(C)(C)CCC3(C)C. The Balaban J connectivity index is 1.27. The monoisotopic (exact) mass is 913 g/mol. The fraction of sp³-hybridized carbons (Fsp3) is 0.273. The fourth-order valence-electron chi connectivity index (χ4n) is 12.4. The fourth-order valence-corrected chi connectivity index (χ4v) is 12.4. The summed E-state index contributed by atoms with van der Waals surface area (Å²) in [4.78, 5) is 5.33. The summed E-state index contributed by atoms with van der Waals surface area (Å²) in [6.07, 6.45) is 2.30. The number of furan rings is 1. The Morgan fingerprint density at radius 2 is 1.13 bits per heavy atom. The highest BCUT2D eigenvalue weighted by Crippen LogP contribution is 2.55. The van der Waals surface area contributed by atoms with Gasteiger partial charge in [-0.25, -0.2) is 0 Å². The van der Waals surface area contributed by atoms with Gasteiger partial charge in [-0.05, 0) is 170 Å². The lowest BCUT2D eigenvalue weighted by molar-refractivity contribution is 0.332. The van der Waals surface area contributed by atoms with Gasteiger partial charge in [-0.3, -0.25) is 0 Å². The molecule has 0 spiro atoms. The van der Waals surface area contributed by atoms with Crippen LogP contribution in [0.3, 0.4) is 0 Å². The van der Waals surface area contributed by atoms with E-state index < -0.39 is 0 Å². The van der Waals surface area contributed by atoms with E-state index in [4.69, 9.17) is 4.42 Å². The average molecular weight is 913 g/mol. The van der Waals surface area contributed by atoms with Crippen LogP contribution in [0.5, 0.6) is 0 Å². The predicted molar refractivity (Wildman–Crippen MR) is 300 cm³/mol. The van der Waals surface area contributed by atoms with E-state index in [-0.39, 0.29) is 28.5 Å². The first-order valence-electron chi connectivity index (χ1n) is 25.6. The van der Waals surface area contributed by atoms with E-state index in [1.807, 2.05) is 0 Å². The molecule has 12 rings (SSSR count). The van der Waals surface area contributed by atoms with Crippen molar-refractivity contribution < 1.29 is 4.42 Å². The Hall–Kier alpha value is -6.78. The van der Waals surface area contributed by atoms with Crippen LogP contribution in [0.1, 0.15) is 115 Å². The molecule has 0 unspecified atom stereocenters. The van der Waals surface area contributed by atoms with Gasteiger partial charge in [-0.15, -0.1) is 0 Å². The second kappa shape index (κ2) is 15.4. The van der Waals surface area contributed by atoms with E-state index in [0.717, 1.165) is 46.2 Å². The molecular formula is C66H65BN2O. The summed E-state index contributed by atoms with van der Waals surface area (Å²) in [5.41, 5.74) is 26.0. The molecule has 1 aromatic heterocycles. The average Bonchev–Trinajstić information content (AvgIpc) is 3.69. The standard InChI is InChI=1S/C66H65BN2O/c1-40-19-18-20-41(2)61(40)43-33-51-49-36-52-53(66(11,12)32-31-65(52,9)10)38-56(49)69(46-28-25-44(26-29-46)63(3,4)5)67-54-37-50-47-23-16-17-24-59(47)70-60(50)39-57(54)68(58(34-43)62(51)67)55-30-27-45(64(6,7)8)35-48(55)42-21-14-13-15-22-42/h13-30,33-39H,31-32H2,1-12H3. The number of para-hydroxylation sites is 1. The first kappa shape index (κ1) is 44.4. The van der Waals surface area contributed by atoms with Crippen molar-refractivity contribution in [2.45, 2.75) is 118 Å². The molecule has 9 aromatic rings. The lowest BCUT2D eigenvalue weighted by atomic mass is 9.43. The van der Waals surface area contributed by atoms with Gasteiger partial charge in [0, 0.05) is 50.7 Å². The molecule has 0 atom stereocenters. The van der Waals surface area contributed by atoms with Crippen molar-refractivity contribution in [3.05, 3.63) is 185 Å². The Morgan fingerprint density at radius 1 is 0.486 bits per heavy atom. The van der Waals surface area contributed by atoms with Gasteiger partial charge in [0.05, 0.1) is 5.69 Å². The molecule has 8 aromatic carbocycles. The van der Waals surface area contributed by atoms with Crippen molar-refractivity contribution >= 4 is 68.1 Å². The van der Waals surface area contributed by atoms with Crippen LogP contribution in [-0.4, -0.2) is 6.85 Å². The topological polar surface area (TPSA) is 19.6 Å². The van der Waals surface area contributed by atoms with Gasteiger partial charge in [0.1, 0.15) is 11.2 Å². The van der Waals surface area contributed by atoms with Gasteiger partial charge in [0.25, 0.3) is 0 Å². The first-order chi connectivity index (χ1) is 33.3. The third kappa shape index (κ3) is 6.84. The minimum atomic E-state index is -0.166. The lowest BCUT2D eigenvalue weighted by Gasteiger charge is -2.48. The molecule has 2 aliphatic heterocycles. The summed E-state index contributed by atoms with van der Waals surface area (Å²) in [7, 11) is 0. The largest absolute Gasteiger partial charge is 0.456 e. The normalized spacial score (nSPS) is 15.7. The van der Waals surface area contributed by atoms with Crippen LogP contribution in [-0.2, 0) is 21.7 Å². The first-order valence-corrected chi connectivity index (χ1v) is 25.6. The van der Waals surface area contributed by atoms with Crippen LogP contribution in [0.15, 0.2) is 156 Å². The molecular weight excluding hydrogens is 848 g/mol. The van der Waals surface area contributed by atoms with E-state index in [1.54, 1.807) is 0 Å². The molecule has 70 heavy (non-hydrogen) atoms. The molecule has 0 saturated carbocycles. The summed E-state index contributed by atoms with van der Waals surface area (Å²) in [6.45, 7) is 28.2. The second-order valence-corrected chi connectivity index (χ2v) is 24.2. The zero-order chi connectivity index (χ0) is 48.8. The number of rotatable bonds is 4. The van der Waals surface area contributed by atoms with Gasteiger partial charge in [-0.2, -0.15) is 0 Å². The molecule has 0 bridgehead atoms. The Kier molecular flexibility index (Phi) is 9.75. The van der Waals surface area contributed by atoms with Crippen molar-refractivity contribution in [3.63, 3.8) is 0 Å². The molecule has 3 aliphatic rings. The third-order valence-electron chi connectivity index (χ3n) is 16.5. The molecule has 348 valence electrons. The van der Waals surface area contributed by atoms with Crippen molar-refractivity contribution in [2.24, 2.45) is 0 Å². The van der Waals surface area contributed by atoms with Gasteiger partial charge < -0.3 is 14.1 Å². The number of hydrogen-bond donors (Lipinski definition) is 0. The van der Waals surface area contributed by atoms with Crippen LogP contribution >= 0.6 is 0 Å². The Bertz CT molecular complexity index is 3580. The number of anilines is 5. The zero-order valence-electron chi connectivity index (χ0n) is 43.2. The molecule has 3 heterocycles. The highest BCUT2D eigenvalue weighted by Gasteiger charge is 2.48. The Morgan fingerprint density at radius 3 is 1.81 bits per heavy atom. The van der Waals surface area contributed by atoms with Crippen LogP contribution in [0, 0.1) is 13.8 Å². The maximum absolute atomic E-state index is 6.88. The number of hydrogen-bond acceptors (Lipinski definition) is 3. The number of fused-ring (bicyclic) bond motifs is 8. The lowest BCUT2D eigenvalue weighted by Crippen LogP contribution is -2.61. The zero-order valence-corrected chi connectivity index (χ0v) is 43.2. The molecule has 0 radical (unpaired) electrons. The second-order valence-electron chi connectivity index (χ2n) is 24.2. The van der Waals surface area contributed by atoms with Crippen molar-refractivity contribution in [2.75, 3.05) is 9.71 Å². The summed E-state index contributed by atoms with van der Waals surface area (Å²) >= 11 is 0. The van der Waals surface area contributed by atoms with E-state index in [9.17, 15) is 0 Å². The van der Waals surface area contributed by atoms with Crippen LogP contribution in [0.25, 0.3) is 55.3 Å². The van der Waals surface area contributed by atoms with Crippen LogP contribution in [0.4, 0.5) is 28.4 Å². The molecule has 1 aliphatic carbocycles. The third-order valence-corrected chi connectivity index (χ3v) is 16.5. The molecule has 0 fully saturated rings. The predicted octanol–water partition coefficient (Wildman–Crippen LogP) is 17.2. The van der Waals surface area contributed by atoms with Gasteiger partial charge in [0.2, 0.25) is 0 Å². The van der Waals surface area contributed by atoms with Crippen molar-refractivity contribution in [3.8, 4) is 33.4 Å². The molecule has 0 saturated heterocycles. The minimum absolute atomic E-state index is 0.0156. The summed E-state index contributed by atoms with van der Waals surface area (Å²) < 4.78 is 6.88. The van der Waals surface area contributed by atoms with E-state index in [0.29, 0.717) is 0 Å². The van der Waals surface area contributed by atoms with E-state index >= 15 is 0 Å². The summed E-state index contributed by atoms with van der Waals surface area (Å²) in [6, 6.07) is 58.2. The highest BCUT2D eigenvalue weighted by atomic mass is 16.3. The maximum atomic E-state index is 6.88. The van der Waals surface area contributed by atoms with Gasteiger partial charge in [0.15, 0.2) is 0 Å². The molecule has 0 N–H and O–H groups in total. The van der Waals surface area contributed by atoms with Gasteiger partial charge in [-0.1, -0.05) is 160 Å². The Labute approximate surface area is 416 Å². The number of nitrogens with zero attached hydrogens (tertiary/aromatic N) is 2. The van der Waals surface area contributed by atoms with Crippen molar-refractivity contribution in [1.29, 1.82) is 0 Å². The number of aryl methyl sites for hydroxylation is 2. The van der Waals surface area contributed by atoms with Crippen LogP contribution < -0.4 is 20.6 Å². The van der Waals surface area contributed by atoms with Crippen molar-refractivity contribution in [1.82, 2.24) is 0 Å². The highest BCUT2D eigenvalue weighted by molar-refractivity contribution is 6.93.